The summed E-state index contributed by atoms with van der Waals surface area (Å²) in [5.74, 6) is 0.786. The van der Waals surface area contributed by atoms with E-state index in [1.807, 2.05) is 18.2 Å². The van der Waals surface area contributed by atoms with E-state index < -0.39 is 10.0 Å². The topological polar surface area (TPSA) is 59.2 Å². The Kier molecular flexibility index (Phi) is 6.12. The predicted octanol–water partition coefficient (Wildman–Crippen LogP) is 0.720. The van der Waals surface area contributed by atoms with Crippen LogP contribution in [0.15, 0.2) is 47.5 Å². The second kappa shape index (κ2) is 8.77. The van der Waals surface area contributed by atoms with Crippen LogP contribution in [0.5, 0.6) is 0 Å². The van der Waals surface area contributed by atoms with Crippen molar-refractivity contribution in [3.8, 4) is 0 Å². The first kappa shape index (κ1) is 20.3. The van der Waals surface area contributed by atoms with Crippen molar-refractivity contribution in [2.75, 3.05) is 44.2 Å². The van der Waals surface area contributed by atoms with Crippen molar-refractivity contribution in [3.05, 3.63) is 54.0 Å². The molecule has 1 aromatic carbocycles. The van der Waals surface area contributed by atoms with Crippen molar-refractivity contribution in [2.24, 2.45) is 0 Å². The fourth-order valence-electron chi connectivity index (χ4n) is 4.17. The van der Waals surface area contributed by atoms with Crippen LogP contribution < -0.4 is 14.8 Å². The van der Waals surface area contributed by atoms with Crippen LogP contribution in [0.3, 0.4) is 0 Å². The zero-order valence-electron chi connectivity index (χ0n) is 16.6. The number of piperazine rings is 1. The third-order valence-corrected chi connectivity index (χ3v) is 7.82. The summed E-state index contributed by atoms with van der Waals surface area (Å²) in [4.78, 5) is 7.08. The van der Waals surface area contributed by atoms with Crippen molar-refractivity contribution < 1.29 is 22.7 Å². The van der Waals surface area contributed by atoms with Crippen molar-refractivity contribution in [2.45, 2.75) is 30.7 Å². The van der Waals surface area contributed by atoms with Gasteiger partial charge in [-0.05, 0) is 25.0 Å². The van der Waals surface area contributed by atoms with Gasteiger partial charge >= 0.3 is 0 Å². The number of H-pyrrole nitrogens is 1. The molecule has 2 fully saturated rings. The summed E-state index contributed by atoms with van der Waals surface area (Å²) in [6, 6.07) is 10.5. The average Bonchev–Trinajstić information content (AvgIpc) is 2.77. The molecule has 8 heteroatoms. The van der Waals surface area contributed by atoms with Crippen LogP contribution in [0.25, 0.3) is 0 Å². The molecule has 2 aliphatic rings. The molecule has 2 saturated heterocycles. The molecular formula is C21H29FN4O2S+2. The highest BCUT2D eigenvalue weighted by molar-refractivity contribution is 7.89. The number of quaternary nitrogens is 1. The van der Waals surface area contributed by atoms with E-state index in [2.05, 4.69) is 9.88 Å². The number of aromatic nitrogens is 1. The van der Waals surface area contributed by atoms with Gasteiger partial charge in [0.15, 0.2) is 0 Å². The number of benzene rings is 1. The van der Waals surface area contributed by atoms with Gasteiger partial charge in [-0.2, -0.15) is 4.31 Å². The lowest BCUT2D eigenvalue weighted by Gasteiger charge is -2.28. The largest absolute Gasteiger partial charge is 0.325 e. The summed E-state index contributed by atoms with van der Waals surface area (Å²) in [5, 5.41) is 0. The molecule has 0 saturated carbocycles. The lowest BCUT2D eigenvalue weighted by molar-refractivity contribution is -0.914. The molecule has 0 radical (unpaired) electrons. The fourth-order valence-corrected chi connectivity index (χ4v) is 5.65. The molecule has 29 heavy (non-hydrogen) atoms. The molecule has 0 atom stereocenters. The van der Waals surface area contributed by atoms with Crippen molar-refractivity contribution in [3.63, 3.8) is 0 Å². The van der Waals surface area contributed by atoms with Crippen molar-refractivity contribution in [1.29, 1.82) is 0 Å². The van der Waals surface area contributed by atoms with Gasteiger partial charge in [0.2, 0.25) is 10.0 Å². The average molecular weight is 421 g/mol. The lowest BCUT2D eigenvalue weighted by Crippen LogP contribution is -3.13. The van der Waals surface area contributed by atoms with E-state index in [4.69, 9.17) is 0 Å². The zero-order valence-corrected chi connectivity index (χ0v) is 17.4. The zero-order chi connectivity index (χ0) is 20.3. The molecule has 0 bridgehead atoms. The number of hydrogen-bond donors (Lipinski definition) is 1. The normalized spacial score (nSPS) is 19.4. The van der Waals surface area contributed by atoms with Crippen molar-refractivity contribution >= 4 is 15.8 Å². The van der Waals surface area contributed by atoms with Crippen LogP contribution in [-0.4, -0.2) is 52.0 Å². The van der Waals surface area contributed by atoms with Gasteiger partial charge in [-0.1, -0.05) is 24.6 Å². The van der Waals surface area contributed by atoms with E-state index in [9.17, 15) is 12.8 Å². The van der Waals surface area contributed by atoms with Gasteiger partial charge in [0.05, 0.1) is 0 Å². The third kappa shape index (κ3) is 4.60. The molecule has 2 aromatic rings. The Bertz CT molecular complexity index is 922. The quantitative estimate of drug-likeness (QED) is 0.776. The van der Waals surface area contributed by atoms with Gasteiger partial charge in [-0.3, -0.25) is 4.90 Å². The Labute approximate surface area is 172 Å². The second-order valence-corrected chi connectivity index (χ2v) is 9.82. The first-order valence-corrected chi connectivity index (χ1v) is 11.8. The van der Waals surface area contributed by atoms with E-state index in [1.165, 1.54) is 11.0 Å². The standard InChI is InChI=1S/C21H27FN4O2S/c22-20-7-3-2-6-18(20)17-24-12-14-25(15-13-24)21-9-8-19(16-23-21)29(27,28)26-10-4-1-5-11-26/h2-3,6-9,16H,1,4-5,10-15,17H2/p+2. The smallest absolute Gasteiger partial charge is 0.274 e. The fraction of sp³-hybridized carbons (Fsp3) is 0.476. The molecule has 0 amide bonds. The minimum Gasteiger partial charge on any atom is -0.325 e. The lowest BCUT2D eigenvalue weighted by atomic mass is 10.2. The number of rotatable bonds is 5. The molecule has 6 nitrogen and oxygen atoms in total. The third-order valence-electron chi connectivity index (χ3n) is 5.93. The monoisotopic (exact) mass is 420 g/mol. The van der Waals surface area contributed by atoms with Gasteiger partial charge in [-0.15, -0.1) is 0 Å². The first-order chi connectivity index (χ1) is 14.0. The molecule has 3 heterocycles. The van der Waals surface area contributed by atoms with E-state index in [0.29, 0.717) is 24.5 Å². The Hall–Kier alpha value is -2.03. The highest BCUT2D eigenvalue weighted by atomic mass is 32.2. The molecule has 0 unspecified atom stereocenters. The minimum atomic E-state index is -3.41. The maximum Gasteiger partial charge on any atom is 0.274 e. The summed E-state index contributed by atoms with van der Waals surface area (Å²) >= 11 is 0. The Morgan fingerprint density at radius 1 is 0.966 bits per heavy atom. The molecule has 0 aliphatic carbocycles. The summed E-state index contributed by atoms with van der Waals surface area (Å²) in [6.07, 6.45) is 4.57. The van der Waals surface area contributed by atoms with E-state index >= 15 is 0 Å². The minimum absolute atomic E-state index is 0.138. The first-order valence-electron chi connectivity index (χ1n) is 10.4. The molecule has 2 aliphatic heterocycles. The Morgan fingerprint density at radius 3 is 2.34 bits per heavy atom. The number of anilines is 1. The van der Waals surface area contributed by atoms with Gasteiger partial charge in [0.25, 0.3) is 5.82 Å². The van der Waals surface area contributed by atoms with Crippen LogP contribution in [0.4, 0.5) is 10.2 Å². The summed E-state index contributed by atoms with van der Waals surface area (Å²) in [6.45, 7) is 5.42. The number of piperidine rings is 1. The Balaban J connectivity index is 1.36. The number of halogens is 1. The number of pyridine rings is 1. The maximum absolute atomic E-state index is 13.9. The highest BCUT2D eigenvalue weighted by Crippen LogP contribution is 2.20. The summed E-state index contributed by atoms with van der Waals surface area (Å²) in [7, 11) is -3.41. The highest BCUT2D eigenvalue weighted by Gasteiger charge is 2.29. The van der Waals surface area contributed by atoms with Crippen LogP contribution in [0, 0.1) is 5.82 Å². The Morgan fingerprint density at radius 2 is 1.69 bits per heavy atom. The SMILES string of the molecule is O=S(=O)(c1ccc(N2CC[NH+](Cc3ccccc3F)CC2)[nH+]c1)N1CCCCC1. The molecule has 156 valence electrons. The number of aromatic amines is 1. The van der Waals surface area contributed by atoms with Crippen LogP contribution in [-0.2, 0) is 16.6 Å². The number of sulfonamides is 1. The second-order valence-electron chi connectivity index (χ2n) is 7.88. The van der Waals surface area contributed by atoms with E-state index in [-0.39, 0.29) is 5.82 Å². The van der Waals surface area contributed by atoms with Gasteiger partial charge in [0.1, 0.15) is 49.6 Å². The maximum atomic E-state index is 13.9. The van der Waals surface area contributed by atoms with Gasteiger partial charge in [0, 0.05) is 24.7 Å². The van der Waals surface area contributed by atoms with Gasteiger partial charge in [-0.25, -0.2) is 17.8 Å². The molecule has 1 aromatic heterocycles. The van der Waals surface area contributed by atoms with Crippen LogP contribution in [0.2, 0.25) is 0 Å². The molecule has 2 N–H and O–H groups in total. The predicted molar refractivity (Wildman–Crippen MR) is 109 cm³/mol. The summed E-state index contributed by atoms with van der Waals surface area (Å²) in [5.41, 5.74) is 0.759. The van der Waals surface area contributed by atoms with E-state index in [1.54, 1.807) is 22.6 Å². The molecule has 4 rings (SSSR count). The van der Waals surface area contributed by atoms with Crippen LogP contribution >= 0.6 is 0 Å². The summed E-state index contributed by atoms with van der Waals surface area (Å²) < 4.78 is 41.0. The van der Waals surface area contributed by atoms with E-state index in [0.717, 1.165) is 56.8 Å². The van der Waals surface area contributed by atoms with Crippen molar-refractivity contribution in [1.82, 2.24) is 4.31 Å². The molecular weight excluding hydrogens is 391 g/mol. The van der Waals surface area contributed by atoms with Crippen LogP contribution in [0.1, 0.15) is 24.8 Å². The number of nitrogens with one attached hydrogen (secondary N) is 2. The number of nitrogens with zero attached hydrogens (tertiary/aromatic N) is 2. The number of hydrogen-bond acceptors (Lipinski definition) is 3. The molecule has 0 spiro atoms. The van der Waals surface area contributed by atoms with Gasteiger partial charge < -0.3 is 4.90 Å².